The number of nitrogens with one attached hydrogen (secondary N) is 2. The number of carbonyl (C=O) groups is 3. The molecule has 0 bridgehead atoms. The summed E-state index contributed by atoms with van der Waals surface area (Å²) < 4.78 is 4.55. The Bertz CT molecular complexity index is 853. The number of amides is 2. The minimum absolute atomic E-state index is 0.0450. The van der Waals surface area contributed by atoms with Crippen LogP contribution in [0.4, 0.5) is 5.82 Å². The van der Waals surface area contributed by atoms with Gasteiger partial charge in [-0.25, -0.2) is 0 Å². The number of carbonyl (C=O) groups excluding carboxylic acids is 3. The molecule has 3 aromatic rings. The molecule has 0 aromatic carbocycles. The van der Waals surface area contributed by atoms with Crippen LogP contribution >= 0.6 is 22.7 Å². The van der Waals surface area contributed by atoms with Crippen molar-refractivity contribution in [2.45, 2.75) is 6.54 Å². The van der Waals surface area contributed by atoms with E-state index in [1.807, 2.05) is 11.4 Å². The van der Waals surface area contributed by atoms with Crippen molar-refractivity contribution in [2.75, 3.05) is 5.32 Å². The van der Waals surface area contributed by atoms with Crippen molar-refractivity contribution in [3.63, 3.8) is 0 Å². The molecule has 2 N–H and O–H groups in total. The summed E-state index contributed by atoms with van der Waals surface area (Å²) in [7, 11) is 0. The summed E-state index contributed by atoms with van der Waals surface area (Å²) in [5.41, 5.74) is 0. The predicted molar refractivity (Wildman–Crippen MR) is 89.0 cm³/mol. The smallest absolute Gasteiger partial charge is 0.314 e. The van der Waals surface area contributed by atoms with Crippen LogP contribution in [0.25, 0.3) is 0 Å². The Morgan fingerprint density at radius 3 is 2.67 bits per heavy atom. The Hall–Kier alpha value is -2.78. The van der Waals surface area contributed by atoms with E-state index in [1.165, 1.54) is 35.0 Å². The molecule has 0 unspecified atom stereocenters. The zero-order valence-electron chi connectivity index (χ0n) is 12.1. The lowest BCUT2D eigenvalue weighted by Gasteiger charge is -2.02. The molecule has 3 heterocycles. The fourth-order valence-electron chi connectivity index (χ4n) is 1.82. The van der Waals surface area contributed by atoms with Gasteiger partial charge in [0.1, 0.15) is 6.26 Å². The molecule has 0 fully saturated rings. The summed E-state index contributed by atoms with van der Waals surface area (Å²) in [5, 5.41) is 10.1. The third kappa shape index (κ3) is 3.76. The monoisotopic (exact) mass is 361 g/mol. The van der Waals surface area contributed by atoms with Gasteiger partial charge >= 0.3 is 11.8 Å². The molecule has 0 saturated heterocycles. The summed E-state index contributed by atoms with van der Waals surface area (Å²) in [6, 6.07) is 8.47. The van der Waals surface area contributed by atoms with E-state index in [0.29, 0.717) is 9.75 Å². The van der Waals surface area contributed by atoms with Crippen molar-refractivity contribution < 1.29 is 18.9 Å². The van der Waals surface area contributed by atoms with Crippen LogP contribution < -0.4 is 10.6 Å². The van der Waals surface area contributed by atoms with Crippen LogP contribution in [-0.2, 0) is 16.1 Å². The first kappa shape index (κ1) is 16.1. The summed E-state index contributed by atoms with van der Waals surface area (Å²) in [5.74, 6) is -1.51. The van der Waals surface area contributed by atoms with Crippen LogP contribution in [0, 0.1) is 0 Å². The zero-order valence-corrected chi connectivity index (χ0v) is 13.8. The predicted octanol–water partition coefficient (Wildman–Crippen LogP) is 2.28. The van der Waals surface area contributed by atoms with Crippen molar-refractivity contribution in [3.8, 4) is 0 Å². The second-order valence-corrected chi connectivity index (χ2v) is 6.71. The summed E-state index contributed by atoms with van der Waals surface area (Å²) in [6.07, 6.45) is 1.28. The van der Waals surface area contributed by atoms with Gasteiger partial charge in [-0.2, -0.15) is 0 Å². The number of nitrogens with zero attached hydrogens (tertiary/aromatic N) is 1. The highest BCUT2D eigenvalue weighted by atomic mass is 32.1. The van der Waals surface area contributed by atoms with E-state index in [-0.39, 0.29) is 18.1 Å². The van der Waals surface area contributed by atoms with Crippen LogP contribution in [0.1, 0.15) is 19.4 Å². The molecule has 0 aliphatic heterocycles. The van der Waals surface area contributed by atoms with Crippen LogP contribution in [0.5, 0.6) is 0 Å². The van der Waals surface area contributed by atoms with E-state index in [0.717, 1.165) is 4.88 Å². The fourth-order valence-corrected chi connectivity index (χ4v) is 3.47. The molecule has 0 atom stereocenters. The third-order valence-corrected chi connectivity index (χ3v) is 4.89. The second-order valence-electron chi connectivity index (χ2n) is 4.59. The number of thiophene rings is 2. The molecule has 2 amide bonds. The molecular weight excluding hydrogens is 350 g/mol. The van der Waals surface area contributed by atoms with Crippen LogP contribution in [0.3, 0.4) is 0 Å². The Morgan fingerprint density at radius 1 is 1.08 bits per heavy atom. The first-order valence-corrected chi connectivity index (χ1v) is 8.49. The van der Waals surface area contributed by atoms with Gasteiger partial charge in [0.05, 0.1) is 16.3 Å². The van der Waals surface area contributed by atoms with E-state index >= 15 is 0 Å². The molecular formula is C15H11N3O4S2. The molecule has 0 saturated carbocycles. The lowest BCUT2D eigenvalue weighted by Crippen LogP contribution is -2.34. The summed E-state index contributed by atoms with van der Waals surface area (Å²) in [4.78, 5) is 37.6. The molecule has 24 heavy (non-hydrogen) atoms. The number of ketones is 1. The molecule has 122 valence electrons. The fraction of sp³-hybridized carbons (Fsp3) is 0.0667. The van der Waals surface area contributed by atoms with Crippen molar-refractivity contribution in [1.29, 1.82) is 0 Å². The first-order chi connectivity index (χ1) is 11.6. The van der Waals surface area contributed by atoms with Crippen LogP contribution in [0.15, 0.2) is 46.5 Å². The molecule has 7 nitrogen and oxygen atoms in total. The topological polar surface area (TPSA) is 101 Å². The van der Waals surface area contributed by atoms with Gasteiger partial charge in [0.25, 0.3) is 0 Å². The number of hydrogen-bond donors (Lipinski definition) is 2. The minimum atomic E-state index is -0.838. The summed E-state index contributed by atoms with van der Waals surface area (Å²) in [6.45, 7) is 0.160. The highest BCUT2D eigenvalue weighted by molar-refractivity contribution is 7.16. The minimum Gasteiger partial charge on any atom is -0.363 e. The van der Waals surface area contributed by atoms with Gasteiger partial charge < -0.3 is 9.84 Å². The van der Waals surface area contributed by atoms with Gasteiger partial charge in [-0.15, -0.1) is 22.7 Å². The lowest BCUT2D eigenvalue weighted by atomic mass is 10.3. The maximum absolute atomic E-state index is 12.2. The van der Waals surface area contributed by atoms with Crippen molar-refractivity contribution in [2.24, 2.45) is 0 Å². The van der Waals surface area contributed by atoms with E-state index in [9.17, 15) is 14.4 Å². The Morgan fingerprint density at radius 2 is 1.96 bits per heavy atom. The number of hydrogen-bond acceptors (Lipinski definition) is 7. The van der Waals surface area contributed by atoms with E-state index in [4.69, 9.17) is 0 Å². The Kier molecular flexibility index (Phi) is 4.82. The van der Waals surface area contributed by atoms with Gasteiger partial charge in [-0.1, -0.05) is 11.2 Å². The van der Waals surface area contributed by atoms with Crippen molar-refractivity contribution >= 4 is 46.1 Å². The molecule has 0 aliphatic rings. The van der Waals surface area contributed by atoms with Crippen molar-refractivity contribution in [1.82, 2.24) is 10.5 Å². The Balaban J connectivity index is 1.54. The van der Waals surface area contributed by atoms with Gasteiger partial charge in [0.15, 0.2) is 5.82 Å². The van der Waals surface area contributed by atoms with Gasteiger partial charge in [0, 0.05) is 10.9 Å². The second kappa shape index (κ2) is 7.20. The van der Waals surface area contributed by atoms with Gasteiger partial charge in [-0.3, -0.25) is 19.7 Å². The normalized spacial score (nSPS) is 10.3. The standard InChI is InChI=1S/C15H11N3O4S2/c19-13(10-2-1-7-23-10)11-4-3-9(24-11)8-16-14(20)15(21)17-12-5-6-22-18-12/h1-7H,8H2,(H,16,20)(H,17,18,21). The highest BCUT2D eigenvalue weighted by Crippen LogP contribution is 2.22. The molecule has 0 radical (unpaired) electrons. The molecule has 3 rings (SSSR count). The van der Waals surface area contributed by atoms with Gasteiger partial charge in [-0.05, 0) is 23.6 Å². The SMILES string of the molecule is O=C(NCc1ccc(C(=O)c2cccs2)s1)C(=O)Nc1ccon1. The van der Waals surface area contributed by atoms with Crippen LogP contribution in [0.2, 0.25) is 0 Å². The average Bonchev–Trinajstić information content (AvgIpc) is 3.33. The average molecular weight is 361 g/mol. The van der Waals surface area contributed by atoms with Crippen molar-refractivity contribution in [3.05, 3.63) is 56.6 Å². The van der Waals surface area contributed by atoms with E-state index in [2.05, 4.69) is 20.3 Å². The zero-order chi connectivity index (χ0) is 16.9. The first-order valence-electron chi connectivity index (χ1n) is 6.80. The lowest BCUT2D eigenvalue weighted by molar-refractivity contribution is -0.136. The number of anilines is 1. The third-order valence-electron chi connectivity index (χ3n) is 2.94. The van der Waals surface area contributed by atoms with E-state index in [1.54, 1.807) is 18.2 Å². The van der Waals surface area contributed by atoms with Gasteiger partial charge in [0.2, 0.25) is 5.78 Å². The molecule has 9 heteroatoms. The molecule has 0 spiro atoms. The molecule has 0 aliphatic carbocycles. The molecule has 3 aromatic heterocycles. The Labute approximate surface area is 144 Å². The maximum Gasteiger partial charge on any atom is 0.314 e. The van der Waals surface area contributed by atoms with Crippen LogP contribution in [-0.4, -0.2) is 22.8 Å². The maximum atomic E-state index is 12.2. The number of rotatable bonds is 5. The number of aromatic nitrogens is 1. The summed E-state index contributed by atoms with van der Waals surface area (Å²) >= 11 is 2.66. The quantitative estimate of drug-likeness (QED) is 0.536. The highest BCUT2D eigenvalue weighted by Gasteiger charge is 2.16. The van der Waals surface area contributed by atoms with E-state index < -0.39 is 11.8 Å². The largest absolute Gasteiger partial charge is 0.363 e.